The van der Waals surface area contributed by atoms with Gasteiger partial charge in [-0.2, -0.15) is 0 Å². The van der Waals surface area contributed by atoms with Crippen molar-refractivity contribution >= 4 is 17.8 Å². The normalized spacial score (nSPS) is 13.7. The van der Waals surface area contributed by atoms with Crippen molar-refractivity contribution in [1.82, 2.24) is 0 Å². The Kier molecular flexibility index (Phi) is 5.25. The second-order valence-electron chi connectivity index (χ2n) is 6.96. The molecule has 0 fully saturated rings. The smallest absolute Gasteiger partial charge is 0.343 e. The molecular weight excluding hydrogens is 400 g/mol. The van der Waals surface area contributed by atoms with Crippen LogP contribution in [0.2, 0.25) is 0 Å². The molecule has 0 amide bonds. The fourth-order valence-corrected chi connectivity index (χ4v) is 3.33. The highest BCUT2D eigenvalue weighted by atomic mass is 16.5. The molecule has 0 aliphatic carbocycles. The van der Waals surface area contributed by atoms with E-state index >= 15 is 0 Å². The van der Waals surface area contributed by atoms with Crippen LogP contribution in [0.1, 0.15) is 37.8 Å². The molecule has 0 atom stereocenters. The maximum atomic E-state index is 12.7. The summed E-state index contributed by atoms with van der Waals surface area (Å²) in [5, 5.41) is 0. The fourth-order valence-electron chi connectivity index (χ4n) is 3.33. The highest BCUT2D eigenvalue weighted by Gasteiger charge is 2.30. The number of benzene rings is 2. The number of fused-ring (bicyclic) bond motifs is 1. The van der Waals surface area contributed by atoms with Gasteiger partial charge in [-0.25, -0.2) is 4.79 Å². The van der Waals surface area contributed by atoms with Crippen molar-refractivity contribution in [2.24, 2.45) is 0 Å². The van der Waals surface area contributed by atoms with Crippen LogP contribution < -0.4 is 18.9 Å². The quantitative estimate of drug-likeness (QED) is 0.335. The maximum absolute atomic E-state index is 12.7. The highest BCUT2D eigenvalue weighted by molar-refractivity contribution is 6.15. The molecule has 2 heterocycles. The largest absolute Gasteiger partial charge is 0.493 e. The molecule has 3 aromatic rings. The number of rotatable bonds is 5. The third-order valence-corrected chi connectivity index (χ3v) is 4.81. The third kappa shape index (κ3) is 3.90. The Bertz CT molecular complexity index is 1220. The van der Waals surface area contributed by atoms with E-state index in [4.69, 9.17) is 23.4 Å². The van der Waals surface area contributed by atoms with Crippen LogP contribution in [0.3, 0.4) is 0 Å². The molecule has 1 aromatic heterocycles. The Balaban J connectivity index is 1.59. The molecule has 7 nitrogen and oxygen atoms in total. The summed E-state index contributed by atoms with van der Waals surface area (Å²) in [6.45, 7) is 3.57. The van der Waals surface area contributed by atoms with Crippen molar-refractivity contribution in [1.29, 1.82) is 0 Å². The molecule has 0 radical (unpaired) electrons. The molecule has 7 heteroatoms. The van der Waals surface area contributed by atoms with Crippen molar-refractivity contribution in [2.75, 3.05) is 14.2 Å². The van der Waals surface area contributed by atoms with Crippen LogP contribution in [0.15, 0.2) is 52.6 Å². The molecule has 1 aliphatic heterocycles. The molecule has 0 spiro atoms. The lowest BCUT2D eigenvalue weighted by Crippen LogP contribution is -2.09. The first kappa shape index (κ1) is 20.3. The first-order valence-corrected chi connectivity index (χ1v) is 9.49. The second-order valence-corrected chi connectivity index (χ2v) is 6.96. The number of ether oxygens (including phenoxy) is 4. The van der Waals surface area contributed by atoms with Gasteiger partial charge in [-0.05, 0) is 55.8 Å². The zero-order valence-electron chi connectivity index (χ0n) is 17.5. The summed E-state index contributed by atoms with van der Waals surface area (Å²) in [4.78, 5) is 25.4. The second kappa shape index (κ2) is 8.02. The Morgan fingerprint density at radius 3 is 2.42 bits per heavy atom. The van der Waals surface area contributed by atoms with E-state index in [1.54, 1.807) is 43.3 Å². The van der Waals surface area contributed by atoms with E-state index in [1.165, 1.54) is 26.4 Å². The van der Waals surface area contributed by atoms with Crippen molar-refractivity contribution in [3.05, 3.63) is 76.4 Å². The minimum Gasteiger partial charge on any atom is -0.493 e. The van der Waals surface area contributed by atoms with Gasteiger partial charge in [-0.3, -0.25) is 4.79 Å². The Labute approximate surface area is 178 Å². The number of methoxy groups -OCH3 is 2. The van der Waals surface area contributed by atoms with Crippen LogP contribution in [-0.4, -0.2) is 26.0 Å². The van der Waals surface area contributed by atoms with Crippen LogP contribution in [0, 0.1) is 13.8 Å². The number of allylic oxidation sites excluding steroid dienone is 1. The van der Waals surface area contributed by atoms with E-state index in [9.17, 15) is 9.59 Å². The number of hydrogen-bond donors (Lipinski definition) is 0. The number of furan rings is 1. The number of carbonyl (C=O) groups excluding carboxylic acids is 2. The first-order valence-electron chi connectivity index (χ1n) is 9.49. The SMILES string of the molecule is COc1ccc(C(=O)Oc2cc(C)c3c(c2)O/C(=C\c2ccc(C)o2)C3=O)cc1OC. The Morgan fingerprint density at radius 1 is 0.968 bits per heavy atom. The van der Waals surface area contributed by atoms with Crippen LogP contribution in [-0.2, 0) is 0 Å². The maximum Gasteiger partial charge on any atom is 0.343 e. The summed E-state index contributed by atoms with van der Waals surface area (Å²) in [5.41, 5.74) is 1.36. The molecule has 0 bridgehead atoms. The standard InChI is InChI=1S/C24H20O7/c1-13-9-17(30-24(26)15-6-8-18(27-3)19(10-15)28-4)12-20-22(13)23(25)21(31-20)11-16-7-5-14(2)29-16/h5-12H,1-4H3/b21-11-. The highest BCUT2D eigenvalue weighted by Crippen LogP contribution is 2.38. The number of carbonyl (C=O) groups is 2. The van der Waals surface area contributed by atoms with Gasteiger partial charge in [0.2, 0.25) is 5.78 Å². The molecule has 158 valence electrons. The minimum atomic E-state index is -0.577. The first-order chi connectivity index (χ1) is 14.9. The summed E-state index contributed by atoms with van der Waals surface area (Å²) in [6.07, 6.45) is 1.55. The van der Waals surface area contributed by atoms with Gasteiger partial charge < -0.3 is 23.4 Å². The van der Waals surface area contributed by atoms with Gasteiger partial charge in [0.25, 0.3) is 0 Å². The molecule has 0 saturated carbocycles. The van der Waals surface area contributed by atoms with Crippen LogP contribution in [0.4, 0.5) is 0 Å². The lowest BCUT2D eigenvalue weighted by molar-refractivity contribution is 0.0734. The van der Waals surface area contributed by atoms with Crippen LogP contribution in [0.25, 0.3) is 6.08 Å². The Hall–Kier alpha value is -4.00. The van der Waals surface area contributed by atoms with Gasteiger partial charge in [0, 0.05) is 12.1 Å². The predicted molar refractivity (Wildman–Crippen MR) is 112 cm³/mol. The van der Waals surface area contributed by atoms with E-state index in [0.717, 1.165) is 5.76 Å². The fraction of sp³-hybridized carbons (Fsp3) is 0.167. The zero-order valence-corrected chi connectivity index (χ0v) is 17.5. The van der Waals surface area contributed by atoms with Gasteiger partial charge in [0.05, 0.1) is 25.3 Å². The summed E-state index contributed by atoms with van der Waals surface area (Å²) in [7, 11) is 3.00. The zero-order chi connectivity index (χ0) is 22.1. The number of ketones is 1. The van der Waals surface area contributed by atoms with Crippen molar-refractivity contribution in [3.8, 4) is 23.0 Å². The predicted octanol–water partition coefficient (Wildman–Crippen LogP) is 4.75. The minimum absolute atomic E-state index is 0.149. The molecule has 1 aliphatic rings. The van der Waals surface area contributed by atoms with E-state index < -0.39 is 5.97 Å². The molecule has 0 N–H and O–H groups in total. The van der Waals surface area contributed by atoms with Crippen LogP contribution >= 0.6 is 0 Å². The van der Waals surface area contributed by atoms with Gasteiger partial charge in [0.15, 0.2) is 17.3 Å². The third-order valence-electron chi connectivity index (χ3n) is 4.81. The summed E-state index contributed by atoms with van der Waals surface area (Å²) in [6, 6.07) is 11.4. The van der Waals surface area contributed by atoms with E-state index in [-0.39, 0.29) is 17.3 Å². The number of aryl methyl sites for hydroxylation is 2. The summed E-state index contributed by atoms with van der Waals surface area (Å²) >= 11 is 0. The molecule has 0 saturated heterocycles. The molecule has 31 heavy (non-hydrogen) atoms. The lowest BCUT2D eigenvalue weighted by Gasteiger charge is -2.10. The average molecular weight is 420 g/mol. The number of esters is 1. The molecular formula is C24H20O7. The molecule has 0 unspecified atom stereocenters. The van der Waals surface area contributed by atoms with E-state index in [1.807, 2.05) is 6.92 Å². The van der Waals surface area contributed by atoms with Gasteiger partial charge in [-0.15, -0.1) is 0 Å². The van der Waals surface area contributed by atoms with Crippen molar-refractivity contribution in [3.63, 3.8) is 0 Å². The van der Waals surface area contributed by atoms with Gasteiger partial charge in [-0.1, -0.05) is 0 Å². The monoisotopic (exact) mass is 420 g/mol. The lowest BCUT2D eigenvalue weighted by atomic mass is 10.0. The van der Waals surface area contributed by atoms with Crippen molar-refractivity contribution in [2.45, 2.75) is 13.8 Å². The summed E-state index contributed by atoms with van der Waals surface area (Å²) < 4.78 is 27.1. The Morgan fingerprint density at radius 2 is 1.74 bits per heavy atom. The molecule has 4 rings (SSSR count). The summed E-state index contributed by atoms with van der Waals surface area (Å²) in [5.74, 6) is 2.08. The van der Waals surface area contributed by atoms with Crippen molar-refractivity contribution < 1.29 is 33.0 Å². The van der Waals surface area contributed by atoms with Gasteiger partial charge in [0.1, 0.15) is 23.0 Å². The topological polar surface area (TPSA) is 84.2 Å². The number of Topliss-reactive ketones (excluding diaryl/α,β-unsaturated/α-hetero) is 1. The van der Waals surface area contributed by atoms with E-state index in [2.05, 4.69) is 0 Å². The average Bonchev–Trinajstić information content (AvgIpc) is 3.30. The van der Waals surface area contributed by atoms with Gasteiger partial charge >= 0.3 is 5.97 Å². The number of hydrogen-bond acceptors (Lipinski definition) is 7. The molecule has 2 aromatic carbocycles. The van der Waals surface area contributed by atoms with E-state index in [0.29, 0.717) is 39.7 Å². The van der Waals surface area contributed by atoms with Crippen LogP contribution in [0.5, 0.6) is 23.0 Å².